The van der Waals surface area contributed by atoms with Crippen LogP contribution in [0.2, 0.25) is 0 Å². The Balaban J connectivity index is 0.000000360. The molecule has 180 valence electrons. The molecule has 1 spiro atoms. The number of aliphatic carboxylic acids is 1. The topological polar surface area (TPSA) is 87.9 Å². The Bertz CT molecular complexity index is 811. The van der Waals surface area contributed by atoms with E-state index in [0.717, 1.165) is 58.3 Å². The van der Waals surface area contributed by atoms with E-state index in [1.54, 1.807) is 4.68 Å². The summed E-state index contributed by atoms with van der Waals surface area (Å²) >= 11 is 0. The van der Waals surface area contributed by atoms with Gasteiger partial charge >= 0.3 is 12.1 Å². The van der Waals surface area contributed by atoms with Crippen LogP contribution in [0.3, 0.4) is 0 Å². The number of halogens is 3. The largest absolute Gasteiger partial charge is 0.490 e. The molecule has 1 saturated carbocycles. The van der Waals surface area contributed by atoms with E-state index < -0.39 is 12.1 Å². The Morgan fingerprint density at radius 1 is 1.28 bits per heavy atom. The average molecular weight is 460 g/mol. The Labute approximate surface area is 185 Å². The number of carboxylic acids is 1. The standard InChI is InChI=1S/C19H30N4O2.C2HF3O2/c1-3-22-10-16(12-25-11-15-4-5-15)19(13-22)7-9-23(14-19)18(24)17-6-8-21(2)20-17;3-2(4,5)1(6)7/h6,8,15-16H,3-5,7,9-14H2,1-2H3;(H,6,7)/t16-,19-;/m1./s1. The van der Waals surface area contributed by atoms with Gasteiger partial charge in [-0.25, -0.2) is 4.79 Å². The highest BCUT2D eigenvalue weighted by atomic mass is 19.4. The fraction of sp³-hybridized carbons (Fsp3) is 0.762. The van der Waals surface area contributed by atoms with Crippen molar-refractivity contribution in [1.29, 1.82) is 0 Å². The normalized spacial score (nSPS) is 25.8. The molecule has 2 saturated heterocycles. The molecule has 0 bridgehead atoms. The number of amides is 1. The minimum atomic E-state index is -5.08. The number of hydrogen-bond donors (Lipinski definition) is 1. The van der Waals surface area contributed by atoms with Crippen LogP contribution in [0.1, 0.15) is 36.7 Å². The summed E-state index contributed by atoms with van der Waals surface area (Å²) in [6.07, 6.45) is 0.508. The summed E-state index contributed by atoms with van der Waals surface area (Å²) in [5, 5.41) is 11.4. The van der Waals surface area contributed by atoms with Crippen LogP contribution in [0.4, 0.5) is 13.2 Å². The number of nitrogens with zero attached hydrogens (tertiary/aromatic N) is 4. The van der Waals surface area contributed by atoms with Crippen LogP contribution in [0, 0.1) is 17.3 Å². The lowest BCUT2D eigenvalue weighted by Gasteiger charge is -2.30. The summed E-state index contributed by atoms with van der Waals surface area (Å²) in [5.41, 5.74) is 0.760. The van der Waals surface area contributed by atoms with Crippen LogP contribution >= 0.6 is 0 Å². The Morgan fingerprint density at radius 3 is 2.50 bits per heavy atom. The van der Waals surface area contributed by atoms with Crippen LogP contribution in [0.5, 0.6) is 0 Å². The van der Waals surface area contributed by atoms with Crippen LogP contribution in [-0.4, -0.2) is 88.7 Å². The number of alkyl halides is 3. The summed E-state index contributed by atoms with van der Waals surface area (Å²) in [4.78, 5) is 26.2. The van der Waals surface area contributed by atoms with Crippen molar-refractivity contribution in [1.82, 2.24) is 19.6 Å². The summed E-state index contributed by atoms with van der Waals surface area (Å²) in [5.74, 6) is -1.34. The van der Waals surface area contributed by atoms with E-state index in [0.29, 0.717) is 11.6 Å². The molecule has 1 amide bonds. The maximum absolute atomic E-state index is 12.8. The average Bonchev–Trinajstić information content (AvgIpc) is 3.14. The molecule has 1 aliphatic carbocycles. The molecule has 3 fully saturated rings. The third-order valence-electron chi connectivity index (χ3n) is 6.55. The zero-order chi connectivity index (χ0) is 23.5. The van der Waals surface area contributed by atoms with Gasteiger partial charge in [0.1, 0.15) is 5.69 Å². The smallest absolute Gasteiger partial charge is 0.475 e. The van der Waals surface area contributed by atoms with Crippen molar-refractivity contribution in [3.8, 4) is 0 Å². The van der Waals surface area contributed by atoms with Gasteiger partial charge in [0, 0.05) is 57.4 Å². The lowest BCUT2D eigenvalue weighted by Crippen LogP contribution is -2.38. The molecule has 3 aliphatic rings. The zero-order valence-corrected chi connectivity index (χ0v) is 18.5. The second kappa shape index (κ2) is 9.78. The van der Waals surface area contributed by atoms with Crippen LogP contribution < -0.4 is 0 Å². The van der Waals surface area contributed by atoms with E-state index in [2.05, 4.69) is 16.9 Å². The van der Waals surface area contributed by atoms with Crippen molar-refractivity contribution in [2.45, 2.75) is 32.4 Å². The number of carbonyl (C=O) groups is 2. The highest BCUT2D eigenvalue weighted by Crippen LogP contribution is 2.44. The lowest BCUT2D eigenvalue weighted by atomic mass is 9.77. The lowest BCUT2D eigenvalue weighted by molar-refractivity contribution is -0.192. The van der Waals surface area contributed by atoms with E-state index in [4.69, 9.17) is 14.6 Å². The maximum atomic E-state index is 12.8. The number of ether oxygens (including phenoxy) is 1. The molecule has 2 atom stereocenters. The maximum Gasteiger partial charge on any atom is 0.490 e. The predicted molar refractivity (Wildman–Crippen MR) is 109 cm³/mol. The minimum Gasteiger partial charge on any atom is -0.475 e. The van der Waals surface area contributed by atoms with Crippen LogP contribution in [-0.2, 0) is 16.6 Å². The predicted octanol–water partition coefficient (Wildman–Crippen LogP) is 2.26. The number of hydrogen-bond acceptors (Lipinski definition) is 5. The Kier molecular flexibility index (Phi) is 7.49. The highest BCUT2D eigenvalue weighted by Gasteiger charge is 2.51. The molecule has 1 aromatic rings. The monoisotopic (exact) mass is 460 g/mol. The summed E-state index contributed by atoms with van der Waals surface area (Å²) in [7, 11) is 1.85. The molecular weight excluding hydrogens is 429 g/mol. The SMILES string of the molecule is CCN1C[C@H](COCC2CC2)[C@]2(CCN(C(=O)c3ccn(C)n3)C2)C1.O=C(O)C(F)(F)F. The first-order valence-electron chi connectivity index (χ1n) is 10.9. The van der Waals surface area contributed by atoms with Gasteiger partial charge in [0.2, 0.25) is 0 Å². The summed E-state index contributed by atoms with van der Waals surface area (Å²) < 4.78 is 39.5. The van der Waals surface area contributed by atoms with E-state index in [1.165, 1.54) is 12.8 Å². The molecule has 8 nitrogen and oxygen atoms in total. The van der Waals surface area contributed by atoms with Gasteiger partial charge in [-0.1, -0.05) is 6.92 Å². The van der Waals surface area contributed by atoms with Crippen molar-refractivity contribution < 1.29 is 32.6 Å². The second-order valence-corrected chi connectivity index (χ2v) is 9.02. The van der Waals surface area contributed by atoms with Crippen molar-refractivity contribution in [3.63, 3.8) is 0 Å². The van der Waals surface area contributed by atoms with Crippen molar-refractivity contribution in [2.75, 3.05) is 45.9 Å². The quantitative estimate of drug-likeness (QED) is 0.701. The fourth-order valence-corrected chi connectivity index (χ4v) is 4.50. The first kappa shape index (κ1) is 24.5. The van der Waals surface area contributed by atoms with Crippen molar-refractivity contribution in [2.24, 2.45) is 24.3 Å². The molecule has 0 radical (unpaired) electrons. The molecule has 32 heavy (non-hydrogen) atoms. The molecule has 2 aliphatic heterocycles. The number of carbonyl (C=O) groups excluding carboxylic acids is 1. The zero-order valence-electron chi connectivity index (χ0n) is 18.5. The van der Waals surface area contributed by atoms with Crippen LogP contribution in [0.15, 0.2) is 12.3 Å². The molecule has 4 rings (SSSR count). The van der Waals surface area contributed by atoms with E-state index in [1.807, 2.05) is 24.2 Å². The first-order valence-corrected chi connectivity index (χ1v) is 10.9. The van der Waals surface area contributed by atoms with Gasteiger partial charge in [0.25, 0.3) is 5.91 Å². The third-order valence-corrected chi connectivity index (χ3v) is 6.55. The molecule has 11 heteroatoms. The number of aryl methyl sites for hydroxylation is 1. The Hall–Kier alpha value is -2.14. The van der Waals surface area contributed by atoms with Gasteiger partial charge in [-0.05, 0) is 37.8 Å². The van der Waals surface area contributed by atoms with Gasteiger partial charge in [0.15, 0.2) is 0 Å². The molecule has 1 aromatic heterocycles. The van der Waals surface area contributed by atoms with Gasteiger partial charge < -0.3 is 19.6 Å². The Morgan fingerprint density at radius 2 is 1.97 bits per heavy atom. The number of aromatic nitrogens is 2. The van der Waals surface area contributed by atoms with Crippen molar-refractivity contribution in [3.05, 3.63) is 18.0 Å². The minimum absolute atomic E-state index is 0.0741. The first-order chi connectivity index (χ1) is 15.0. The number of rotatable bonds is 6. The van der Waals surface area contributed by atoms with E-state index in [-0.39, 0.29) is 11.3 Å². The van der Waals surface area contributed by atoms with Crippen LogP contribution in [0.25, 0.3) is 0 Å². The number of carboxylic acid groups (broad SMARTS) is 1. The molecule has 0 aromatic carbocycles. The summed E-state index contributed by atoms with van der Waals surface area (Å²) in [6.45, 7) is 8.96. The molecule has 0 unspecified atom stereocenters. The molecular formula is C21H31F3N4O4. The van der Waals surface area contributed by atoms with E-state index in [9.17, 15) is 18.0 Å². The second-order valence-electron chi connectivity index (χ2n) is 9.02. The number of likely N-dealkylation sites (tertiary alicyclic amines) is 2. The van der Waals surface area contributed by atoms with Gasteiger partial charge in [0.05, 0.1) is 6.61 Å². The van der Waals surface area contributed by atoms with E-state index >= 15 is 0 Å². The fourth-order valence-electron chi connectivity index (χ4n) is 4.50. The van der Waals surface area contributed by atoms with Gasteiger partial charge in [-0.15, -0.1) is 0 Å². The van der Waals surface area contributed by atoms with Gasteiger partial charge in [-0.3, -0.25) is 9.48 Å². The third kappa shape index (κ3) is 6.00. The van der Waals surface area contributed by atoms with Gasteiger partial charge in [-0.2, -0.15) is 18.3 Å². The van der Waals surface area contributed by atoms with Crippen molar-refractivity contribution >= 4 is 11.9 Å². The molecule has 1 N–H and O–H groups in total. The highest BCUT2D eigenvalue weighted by molar-refractivity contribution is 5.92. The summed E-state index contributed by atoms with van der Waals surface area (Å²) in [6, 6.07) is 1.82. The molecule has 3 heterocycles.